The standard InChI is InChI=1S/C20H27ClNO8S.U/c1-12(11-31(26,27)14-7-5-13(21)6-8-14)30-19(25)22-15-9-28-16(17(15)23)10-29-18(24)20(2,3)4;/h5-9,12,15-17,23H,10-11H2,1-4H3,(H,22,25);/q-1;/t12?,15?,16-,17-;/m1./s1. The number of carbonyl (C=O) groups excluding carboxylic acids is 2. The molecule has 1 saturated heterocycles. The van der Waals surface area contributed by atoms with Gasteiger partial charge in [0.1, 0.15) is 12.7 Å². The zero-order chi connectivity index (χ0) is 23.4. The van der Waals surface area contributed by atoms with Crippen molar-refractivity contribution in [1.29, 1.82) is 0 Å². The van der Waals surface area contributed by atoms with Gasteiger partial charge >= 0.3 is 12.1 Å². The van der Waals surface area contributed by atoms with Crippen LogP contribution in [0, 0.1) is 43.1 Å². The first-order chi connectivity index (χ1) is 14.3. The Hall–Kier alpha value is -0.828. The topological polar surface area (TPSA) is 128 Å². The molecule has 1 aromatic carbocycles. The summed E-state index contributed by atoms with van der Waals surface area (Å²) in [5.74, 6) is -0.879. The molecule has 1 aliphatic rings. The van der Waals surface area contributed by atoms with Crippen molar-refractivity contribution in [2.75, 3.05) is 12.4 Å². The number of sulfone groups is 1. The molecule has 2 unspecified atom stereocenters. The summed E-state index contributed by atoms with van der Waals surface area (Å²) in [5, 5.41) is 13.1. The van der Waals surface area contributed by atoms with Gasteiger partial charge in [-0.15, -0.1) is 0 Å². The fourth-order valence-electron chi connectivity index (χ4n) is 2.64. The molecule has 12 heteroatoms. The van der Waals surface area contributed by atoms with Crippen LogP contribution >= 0.6 is 11.6 Å². The molecule has 0 spiro atoms. The average molecular weight is 715 g/mol. The van der Waals surface area contributed by atoms with E-state index in [1.807, 2.05) is 0 Å². The third-order valence-electron chi connectivity index (χ3n) is 4.36. The number of hydrogen-bond acceptors (Lipinski definition) is 8. The van der Waals surface area contributed by atoms with E-state index in [1.165, 1.54) is 37.8 Å². The molecule has 2 N–H and O–H groups in total. The predicted molar refractivity (Wildman–Crippen MR) is 112 cm³/mol. The number of benzene rings is 1. The summed E-state index contributed by atoms with van der Waals surface area (Å²) >= 11 is 5.76. The van der Waals surface area contributed by atoms with Crippen molar-refractivity contribution in [3.05, 3.63) is 35.9 Å². The number of esters is 1. The fraction of sp³-hybridized carbons (Fsp3) is 0.550. The van der Waals surface area contributed by atoms with E-state index in [0.29, 0.717) is 5.02 Å². The molecule has 1 fully saturated rings. The molecule has 1 amide bonds. The van der Waals surface area contributed by atoms with Crippen LogP contribution in [0.3, 0.4) is 0 Å². The molecule has 0 radical (unpaired) electrons. The Morgan fingerprint density at radius 2 is 1.88 bits per heavy atom. The third-order valence-corrected chi connectivity index (χ3v) is 6.51. The number of hydrogen-bond donors (Lipinski definition) is 2. The second-order valence-electron chi connectivity index (χ2n) is 8.27. The van der Waals surface area contributed by atoms with Gasteiger partial charge in [-0.25, -0.2) is 13.2 Å². The van der Waals surface area contributed by atoms with Crippen LogP contribution in [-0.4, -0.2) is 62.3 Å². The second-order valence-corrected chi connectivity index (χ2v) is 10.7. The van der Waals surface area contributed by atoms with Crippen LogP contribution in [0.5, 0.6) is 0 Å². The molecule has 1 aliphatic heterocycles. The number of halogens is 1. The van der Waals surface area contributed by atoms with E-state index >= 15 is 0 Å². The van der Waals surface area contributed by atoms with Crippen LogP contribution in [0.15, 0.2) is 29.2 Å². The Labute approximate surface area is 216 Å². The van der Waals surface area contributed by atoms with Gasteiger partial charge in [-0.1, -0.05) is 11.6 Å². The van der Waals surface area contributed by atoms with Crippen molar-refractivity contribution in [3.63, 3.8) is 0 Å². The first-order valence-corrected chi connectivity index (χ1v) is 11.6. The summed E-state index contributed by atoms with van der Waals surface area (Å²) in [6.45, 7) is 7.55. The summed E-state index contributed by atoms with van der Waals surface area (Å²) in [4.78, 5) is 24.0. The van der Waals surface area contributed by atoms with E-state index in [2.05, 4.69) is 5.32 Å². The first kappa shape index (κ1) is 29.2. The maximum atomic E-state index is 12.4. The summed E-state index contributed by atoms with van der Waals surface area (Å²) < 4.78 is 40.3. The molecule has 9 nitrogen and oxygen atoms in total. The maximum Gasteiger partial charge on any atom is 0.405 e. The Morgan fingerprint density at radius 3 is 2.44 bits per heavy atom. The maximum absolute atomic E-state index is 12.4. The van der Waals surface area contributed by atoms with Gasteiger partial charge in [-0.2, -0.15) is 6.61 Å². The minimum atomic E-state index is -3.69. The van der Waals surface area contributed by atoms with Gasteiger partial charge in [0.25, 0.3) is 0 Å². The van der Waals surface area contributed by atoms with E-state index in [4.69, 9.17) is 25.8 Å². The number of alkyl carbamates (subject to hydrolysis) is 1. The van der Waals surface area contributed by atoms with Crippen LogP contribution in [0.2, 0.25) is 5.02 Å². The van der Waals surface area contributed by atoms with E-state index in [0.717, 1.165) is 0 Å². The number of rotatable bonds is 7. The second kappa shape index (κ2) is 12.0. The quantitative estimate of drug-likeness (QED) is 0.325. The van der Waals surface area contributed by atoms with Gasteiger partial charge in [0.05, 0.1) is 28.3 Å². The van der Waals surface area contributed by atoms with Crippen LogP contribution in [0.25, 0.3) is 0 Å². The number of aliphatic hydroxyl groups is 1. The number of amides is 1. The number of ether oxygens (including phenoxy) is 3. The average Bonchev–Trinajstić information content (AvgIpc) is 2.98. The van der Waals surface area contributed by atoms with Crippen molar-refractivity contribution in [2.24, 2.45) is 5.41 Å². The molecule has 2 rings (SSSR count). The molecular formula is C20H27ClNO8SU-. The van der Waals surface area contributed by atoms with Crippen LogP contribution in [-0.2, 0) is 28.8 Å². The summed E-state index contributed by atoms with van der Waals surface area (Å²) in [6.07, 6.45) is -3.90. The van der Waals surface area contributed by atoms with Gasteiger partial charge in [-0.3, -0.25) is 4.79 Å². The molecule has 1 heterocycles. The van der Waals surface area contributed by atoms with E-state index in [9.17, 15) is 23.1 Å². The van der Waals surface area contributed by atoms with Crippen molar-refractivity contribution < 1.29 is 68.4 Å². The summed E-state index contributed by atoms with van der Waals surface area (Å²) in [6, 6.07) is 4.75. The Kier molecular flexibility index (Phi) is 11.0. The van der Waals surface area contributed by atoms with Gasteiger partial charge in [0.2, 0.25) is 0 Å². The minimum absolute atomic E-state index is 0. The van der Waals surface area contributed by atoms with Crippen molar-refractivity contribution in [3.8, 4) is 0 Å². The number of aliphatic hydroxyl groups excluding tert-OH is 1. The smallest absolute Gasteiger partial charge is 0.405 e. The monoisotopic (exact) mass is 714 g/mol. The summed E-state index contributed by atoms with van der Waals surface area (Å²) in [5.41, 5.74) is -0.697. The van der Waals surface area contributed by atoms with Gasteiger partial charge in [0.15, 0.2) is 9.84 Å². The van der Waals surface area contributed by atoms with Crippen LogP contribution in [0.4, 0.5) is 4.79 Å². The molecular weight excluding hydrogens is 688 g/mol. The van der Waals surface area contributed by atoms with Gasteiger partial charge in [0, 0.05) is 36.1 Å². The van der Waals surface area contributed by atoms with E-state index in [1.54, 1.807) is 20.8 Å². The first-order valence-electron chi connectivity index (χ1n) is 9.59. The fourth-order valence-corrected chi connectivity index (χ4v) is 4.20. The van der Waals surface area contributed by atoms with Crippen molar-refractivity contribution in [2.45, 2.75) is 56.9 Å². The minimum Gasteiger partial charge on any atom is -0.543 e. The van der Waals surface area contributed by atoms with Gasteiger partial charge < -0.3 is 24.6 Å². The molecule has 0 saturated carbocycles. The molecule has 0 bridgehead atoms. The number of carbonyl (C=O) groups is 2. The van der Waals surface area contributed by atoms with E-state index < -0.39 is 57.4 Å². The zero-order valence-electron chi connectivity index (χ0n) is 18.2. The van der Waals surface area contributed by atoms with E-state index in [-0.39, 0.29) is 42.6 Å². The molecule has 4 atom stereocenters. The van der Waals surface area contributed by atoms with Crippen LogP contribution in [0.1, 0.15) is 27.7 Å². The van der Waals surface area contributed by atoms with Crippen molar-refractivity contribution >= 4 is 33.5 Å². The Bertz CT molecular complexity index is 888. The SMILES string of the molecule is CC(CS(=O)(=O)c1ccc(Cl)cc1)OC(=O)NC1[CH-]O[C@H](COC(=O)C(C)(C)C)[C@@H]1O.[U]. The largest absolute Gasteiger partial charge is 0.543 e. The molecule has 32 heavy (non-hydrogen) atoms. The molecule has 0 aromatic heterocycles. The van der Waals surface area contributed by atoms with Gasteiger partial charge in [-0.05, 0) is 58.0 Å². The number of nitrogens with one attached hydrogen (secondary N) is 1. The molecule has 0 aliphatic carbocycles. The Balaban J connectivity index is 0.00000512. The molecule has 1 aromatic rings. The van der Waals surface area contributed by atoms with Crippen molar-refractivity contribution in [1.82, 2.24) is 5.32 Å². The zero-order valence-corrected chi connectivity index (χ0v) is 23.9. The Morgan fingerprint density at radius 1 is 1.28 bits per heavy atom. The molecule has 178 valence electrons. The summed E-state index contributed by atoms with van der Waals surface area (Å²) in [7, 11) is -3.69. The van der Waals surface area contributed by atoms with Crippen LogP contribution < -0.4 is 5.32 Å². The predicted octanol–water partition coefficient (Wildman–Crippen LogP) is 2.11. The third kappa shape index (κ3) is 8.51. The normalized spacial score (nSPS) is 21.9.